The molecule has 0 rings (SSSR count). The van der Waals surface area contributed by atoms with E-state index in [2.05, 4.69) is 0 Å². The third-order valence-electron chi connectivity index (χ3n) is 1.66. The van der Waals surface area contributed by atoms with Crippen LogP contribution in [0.3, 0.4) is 0 Å². The highest BCUT2D eigenvalue weighted by Gasteiger charge is 2.25. The first-order chi connectivity index (χ1) is 7.29. The van der Waals surface area contributed by atoms with Gasteiger partial charge in [0.2, 0.25) is 10.0 Å². The summed E-state index contributed by atoms with van der Waals surface area (Å²) in [5, 5.41) is 16.8. The van der Waals surface area contributed by atoms with E-state index in [0.717, 1.165) is 0 Å². The topological polar surface area (TPSA) is 94.9 Å². The number of hydrogen-bond donors (Lipinski definition) is 2. The largest absolute Gasteiger partial charge is 0.481 e. The summed E-state index contributed by atoms with van der Waals surface area (Å²) in [5.41, 5.74) is 0. The minimum absolute atomic E-state index is 0.389. The lowest BCUT2D eigenvalue weighted by molar-refractivity contribution is -0.136. The van der Waals surface area contributed by atoms with Crippen LogP contribution in [-0.4, -0.2) is 60.8 Å². The minimum atomic E-state index is -4.06. The Bertz CT molecular complexity index is 319. The summed E-state index contributed by atoms with van der Waals surface area (Å²) in [6.07, 6.45) is -3.53. The van der Waals surface area contributed by atoms with Gasteiger partial charge in [0.05, 0.1) is 25.3 Å². The summed E-state index contributed by atoms with van der Waals surface area (Å²) in [6.45, 7) is -2.10. The van der Waals surface area contributed by atoms with Crippen LogP contribution in [0.25, 0.3) is 0 Å². The number of carboxylic acid groups (broad SMARTS) is 1. The van der Waals surface area contributed by atoms with Crippen molar-refractivity contribution in [3.63, 3.8) is 0 Å². The average Bonchev–Trinajstić information content (AvgIpc) is 2.14. The molecule has 0 aromatic heterocycles. The highest BCUT2D eigenvalue weighted by Crippen LogP contribution is 2.07. The molecule has 96 valence electrons. The number of aliphatic carboxylic acids is 1. The van der Waals surface area contributed by atoms with Crippen LogP contribution >= 0.6 is 0 Å². The summed E-state index contributed by atoms with van der Waals surface area (Å²) in [4.78, 5) is 10.2. The third-order valence-corrected chi connectivity index (χ3v) is 3.50. The highest BCUT2D eigenvalue weighted by molar-refractivity contribution is 7.89. The molecular weight excluding hydrogens is 248 g/mol. The third kappa shape index (κ3) is 5.93. The number of aliphatic hydroxyl groups is 1. The average molecular weight is 261 g/mol. The van der Waals surface area contributed by atoms with Crippen molar-refractivity contribution in [1.82, 2.24) is 4.31 Å². The Hall–Kier alpha value is -0.800. The summed E-state index contributed by atoms with van der Waals surface area (Å²) in [6, 6.07) is 0. The van der Waals surface area contributed by atoms with Gasteiger partial charge >= 0.3 is 5.97 Å². The Morgan fingerprint density at radius 2 is 1.94 bits per heavy atom. The first-order valence-electron chi connectivity index (χ1n) is 4.38. The summed E-state index contributed by atoms with van der Waals surface area (Å²) < 4.78 is 47.2. The van der Waals surface area contributed by atoms with Gasteiger partial charge in [-0.2, -0.15) is 4.31 Å². The number of carboxylic acids is 1. The van der Waals surface area contributed by atoms with E-state index in [0.29, 0.717) is 4.31 Å². The highest BCUT2D eigenvalue weighted by atomic mass is 32.2. The van der Waals surface area contributed by atoms with Crippen LogP contribution in [0.15, 0.2) is 0 Å². The molecule has 0 radical (unpaired) electrons. The number of alkyl halides is 2. The fourth-order valence-corrected chi connectivity index (χ4v) is 2.35. The molecule has 16 heavy (non-hydrogen) atoms. The van der Waals surface area contributed by atoms with Gasteiger partial charge in [0, 0.05) is 6.54 Å². The zero-order chi connectivity index (χ0) is 12.8. The Labute approximate surface area is 91.5 Å². The fourth-order valence-electron chi connectivity index (χ4n) is 0.955. The molecule has 0 aliphatic rings. The van der Waals surface area contributed by atoms with Gasteiger partial charge in [-0.1, -0.05) is 0 Å². The number of carbonyl (C=O) groups is 1. The van der Waals surface area contributed by atoms with Crippen molar-refractivity contribution in [3.8, 4) is 0 Å². The summed E-state index contributed by atoms with van der Waals surface area (Å²) in [5.74, 6) is -2.08. The molecule has 0 fully saturated rings. The van der Waals surface area contributed by atoms with E-state index in [9.17, 15) is 22.0 Å². The van der Waals surface area contributed by atoms with Crippen molar-refractivity contribution >= 4 is 16.0 Å². The number of rotatable bonds is 8. The number of hydrogen-bond acceptors (Lipinski definition) is 4. The molecule has 0 aromatic rings. The monoisotopic (exact) mass is 261 g/mol. The molecule has 2 N–H and O–H groups in total. The van der Waals surface area contributed by atoms with Gasteiger partial charge in [-0.05, 0) is 0 Å². The van der Waals surface area contributed by atoms with E-state index < -0.39 is 54.3 Å². The lowest BCUT2D eigenvalue weighted by Crippen LogP contribution is -2.39. The lowest BCUT2D eigenvalue weighted by atomic mass is 10.5. The molecule has 0 bridgehead atoms. The maximum Gasteiger partial charge on any atom is 0.304 e. The van der Waals surface area contributed by atoms with E-state index in [4.69, 9.17) is 10.2 Å². The quantitative estimate of drug-likeness (QED) is 0.605. The second kappa shape index (κ2) is 6.71. The number of sulfonamides is 1. The van der Waals surface area contributed by atoms with Crippen molar-refractivity contribution in [2.45, 2.75) is 12.8 Å². The predicted molar refractivity (Wildman–Crippen MR) is 50.7 cm³/mol. The molecule has 0 saturated heterocycles. The van der Waals surface area contributed by atoms with Crippen LogP contribution < -0.4 is 0 Å². The molecule has 6 nitrogen and oxygen atoms in total. The normalized spacial score (nSPS) is 12.3. The van der Waals surface area contributed by atoms with Gasteiger partial charge in [-0.3, -0.25) is 4.79 Å². The molecule has 0 aliphatic carbocycles. The van der Waals surface area contributed by atoms with Crippen molar-refractivity contribution < 1.29 is 32.2 Å². The maximum atomic E-state index is 12.0. The van der Waals surface area contributed by atoms with Gasteiger partial charge in [0.15, 0.2) is 0 Å². The molecule has 9 heteroatoms. The molecule has 0 saturated carbocycles. The summed E-state index contributed by atoms with van der Waals surface area (Å²) in [7, 11) is -4.06. The Balaban J connectivity index is 4.55. The summed E-state index contributed by atoms with van der Waals surface area (Å²) >= 11 is 0. The molecule has 0 unspecified atom stereocenters. The first-order valence-corrected chi connectivity index (χ1v) is 5.99. The van der Waals surface area contributed by atoms with Gasteiger partial charge < -0.3 is 10.2 Å². The molecule has 0 spiro atoms. The van der Waals surface area contributed by atoms with Gasteiger partial charge in [0.1, 0.15) is 0 Å². The Kier molecular flexibility index (Phi) is 6.38. The number of halogens is 2. The fraction of sp³-hybridized carbons (Fsp3) is 0.857. The second-order valence-electron chi connectivity index (χ2n) is 2.93. The molecule has 0 heterocycles. The molecule has 0 aliphatic heterocycles. The molecule has 0 atom stereocenters. The molecule has 0 amide bonds. The maximum absolute atomic E-state index is 12.0. The van der Waals surface area contributed by atoms with Crippen LogP contribution in [0.1, 0.15) is 6.42 Å². The lowest BCUT2D eigenvalue weighted by Gasteiger charge is -2.20. The van der Waals surface area contributed by atoms with Crippen LogP contribution in [0, 0.1) is 0 Å². The van der Waals surface area contributed by atoms with Gasteiger partial charge in [-0.25, -0.2) is 17.2 Å². The zero-order valence-electron chi connectivity index (χ0n) is 8.34. The number of nitrogens with zero attached hydrogens (tertiary/aromatic N) is 1. The second-order valence-corrected chi connectivity index (χ2v) is 5.02. The first kappa shape index (κ1) is 15.2. The molecule has 0 aromatic carbocycles. The van der Waals surface area contributed by atoms with Crippen molar-refractivity contribution in [2.75, 3.05) is 25.4 Å². The van der Waals surface area contributed by atoms with Gasteiger partial charge in [0.25, 0.3) is 6.43 Å². The Morgan fingerprint density at radius 3 is 2.31 bits per heavy atom. The van der Waals surface area contributed by atoms with Crippen molar-refractivity contribution in [1.29, 1.82) is 0 Å². The predicted octanol–water partition coefficient (Wildman–Crippen LogP) is -0.650. The van der Waals surface area contributed by atoms with E-state index in [1.54, 1.807) is 0 Å². The number of aliphatic hydroxyl groups excluding tert-OH is 1. The van der Waals surface area contributed by atoms with Gasteiger partial charge in [-0.15, -0.1) is 0 Å². The SMILES string of the molecule is O=C(O)CCS(=O)(=O)N(CCO)CC(F)F. The van der Waals surface area contributed by atoms with Crippen LogP contribution in [0.4, 0.5) is 8.78 Å². The van der Waals surface area contributed by atoms with Crippen LogP contribution in [0.5, 0.6) is 0 Å². The van der Waals surface area contributed by atoms with E-state index in [1.807, 2.05) is 0 Å². The van der Waals surface area contributed by atoms with Crippen molar-refractivity contribution in [2.24, 2.45) is 0 Å². The van der Waals surface area contributed by atoms with Crippen LogP contribution in [0.2, 0.25) is 0 Å². The van der Waals surface area contributed by atoms with E-state index >= 15 is 0 Å². The van der Waals surface area contributed by atoms with Crippen molar-refractivity contribution in [3.05, 3.63) is 0 Å². The smallest absolute Gasteiger partial charge is 0.304 e. The standard InChI is InChI=1S/C7H13F2NO5S/c8-6(9)5-10(2-3-11)16(14,15)4-1-7(12)13/h6,11H,1-5H2,(H,12,13). The van der Waals surface area contributed by atoms with Crippen LogP contribution in [-0.2, 0) is 14.8 Å². The van der Waals surface area contributed by atoms with E-state index in [1.165, 1.54) is 0 Å². The van der Waals surface area contributed by atoms with E-state index in [-0.39, 0.29) is 0 Å². The Morgan fingerprint density at radius 1 is 1.38 bits per heavy atom. The zero-order valence-corrected chi connectivity index (χ0v) is 9.16. The molecular formula is C7H13F2NO5S. The minimum Gasteiger partial charge on any atom is -0.481 e.